The van der Waals surface area contributed by atoms with E-state index in [1.165, 1.54) is 49.9 Å². The lowest BCUT2D eigenvalue weighted by molar-refractivity contribution is -0.0818. The molecule has 114 valence electrons. The maximum absolute atomic E-state index is 4.58. The molecule has 2 heterocycles. The lowest BCUT2D eigenvalue weighted by Gasteiger charge is -2.59. The van der Waals surface area contributed by atoms with Crippen molar-refractivity contribution in [2.75, 3.05) is 6.54 Å². The minimum atomic E-state index is 0.529. The van der Waals surface area contributed by atoms with E-state index in [0.717, 1.165) is 37.3 Å². The summed E-state index contributed by atoms with van der Waals surface area (Å²) in [6.07, 6.45) is 10.0. The summed E-state index contributed by atoms with van der Waals surface area (Å²) in [5.74, 6) is 3.04. The summed E-state index contributed by atoms with van der Waals surface area (Å²) in [6.45, 7) is 4.42. The number of rotatable bonds is 2. The van der Waals surface area contributed by atoms with Gasteiger partial charge in [-0.1, -0.05) is 5.21 Å². The van der Waals surface area contributed by atoms with E-state index in [1.54, 1.807) is 0 Å². The van der Waals surface area contributed by atoms with Crippen LogP contribution in [0.2, 0.25) is 0 Å². The van der Waals surface area contributed by atoms with Crippen LogP contribution in [0.15, 0.2) is 0 Å². The normalized spacial score (nSPS) is 42.0. The molecule has 4 nitrogen and oxygen atoms in total. The molecule has 1 unspecified atom stereocenters. The monoisotopic (exact) mass is 286 g/mol. The van der Waals surface area contributed by atoms with Crippen molar-refractivity contribution in [3.8, 4) is 0 Å². The zero-order valence-electron chi connectivity index (χ0n) is 13.0. The van der Waals surface area contributed by atoms with Crippen LogP contribution < -0.4 is 5.32 Å². The fraction of sp³-hybridized carbons (Fsp3) is 0.882. The molecule has 1 aromatic heterocycles. The van der Waals surface area contributed by atoms with Gasteiger partial charge in [0, 0.05) is 19.5 Å². The molecule has 4 saturated carbocycles. The summed E-state index contributed by atoms with van der Waals surface area (Å²) in [4.78, 5) is 0. The van der Waals surface area contributed by atoms with E-state index in [0.29, 0.717) is 11.5 Å². The van der Waals surface area contributed by atoms with E-state index < -0.39 is 0 Å². The van der Waals surface area contributed by atoms with Crippen molar-refractivity contribution in [1.29, 1.82) is 0 Å². The Balaban J connectivity index is 1.51. The number of nitrogens with one attached hydrogen (secondary N) is 1. The Labute approximate surface area is 126 Å². The number of nitrogens with zero attached hydrogens (tertiary/aromatic N) is 3. The first-order valence-electron chi connectivity index (χ1n) is 8.87. The molecule has 1 aliphatic heterocycles. The van der Waals surface area contributed by atoms with E-state index in [9.17, 15) is 0 Å². The van der Waals surface area contributed by atoms with E-state index in [1.807, 2.05) is 0 Å². The van der Waals surface area contributed by atoms with E-state index in [4.69, 9.17) is 0 Å². The molecule has 5 aliphatic rings. The van der Waals surface area contributed by atoms with Gasteiger partial charge in [-0.25, -0.2) is 4.68 Å². The van der Waals surface area contributed by atoms with Gasteiger partial charge < -0.3 is 5.32 Å². The third-order valence-electron chi connectivity index (χ3n) is 7.04. The smallest absolute Gasteiger partial charge is 0.0997 e. The third-order valence-corrected chi connectivity index (χ3v) is 7.04. The highest BCUT2D eigenvalue weighted by molar-refractivity contribution is 5.16. The molecule has 4 aliphatic carbocycles. The van der Waals surface area contributed by atoms with Crippen LogP contribution in [0.1, 0.15) is 62.9 Å². The molecule has 4 heteroatoms. The Morgan fingerprint density at radius 2 is 1.81 bits per heavy atom. The molecule has 0 amide bonds. The van der Waals surface area contributed by atoms with Gasteiger partial charge in [-0.05, 0) is 68.6 Å². The number of fused-ring (bicyclic) bond motifs is 1. The van der Waals surface area contributed by atoms with Crippen molar-refractivity contribution in [3.05, 3.63) is 11.4 Å². The van der Waals surface area contributed by atoms with Crippen LogP contribution in [0.5, 0.6) is 0 Å². The number of hydrogen-bond acceptors (Lipinski definition) is 3. The SMILES string of the molecule is CC(n1nnc2c1CCNC2)C12CC3CC(CC(C3)C1)C2. The van der Waals surface area contributed by atoms with Crippen LogP contribution >= 0.6 is 0 Å². The van der Waals surface area contributed by atoms with Gasteiger partial charge in [-0.2, -0.15) is 0 Å². The third kappa shape index (κ3) is 1.77. The largest absolute Gasteiger partial charge is 0.311 e. The number of hydrogen-bond donors (Lipinski definition) is 1. The summed E-state index contributed by atoms with van der Waals surface area (Å²) in [7, 11) is 0. The second kappa shape index (κ2) is 4.31. The van der Waals surface area contributed by atoms with Crippen molar-refractivity contribution in [3.63, 3.8) is 0 Å². The highest BCUT2D eigenvalue weighted by Gasteiger charge is 2.54. The summed E-state index contributed by atoms with van der Waals surface area (Å²) in [5, 5.41) is 12.5. The molecule has 4 fully saturated rings. The molecule has 0 spiro atoms. The van der Waals surface area contributed by atoms with Gasteiger partial charge in [-0.3, -0.25) is 0 Å². The molecular weight excluding hydrogens is 260 g/mol. The van der Waals surface area contributed by atoms with Crippen LogP contribution in [-0.4, -0.2) is 21.5 Å². The van der Waals surface area contributed by atoms with Gasteiger partial charge in [-0.15, -0.1) is 5.10 Å². The van der Waals surface area contributed by atoms with Gasteiger partial charge in [0.1, 0.15) is 0 Å². The zero-order chi connectivity index (χ0) is 14.0. The van der Waals surface area contributed by atoms with Crippen molar-refractivity contribution >= 4 is 0 Å². The van der Waals surface area contributed by atoms with E-state index >= 15 is 0 Å². The van der Waals surface area contributed by atoms with Crippen LogP contribution in [0, 0.1) is 23.2 Å². The highest BCUT2D eigenvalue weighted by atomic mass is 15.5. The standard InChI is InChI=1S/C17H26N4/c1-11(21-16-2-3-18-10-15(16)19-20-21)17-7-12-4-13(8-17)6-14(5-12)9-17/h11-14,18H,2-10H2,1H3. The zero-order valence-corrected chi connectivity index (χ0v) is 13.0. The molecule has 0 radical (unpaired) electrons. The molecule has 0 aromatic carbocycles. The van der Waals surface area contributed by atoms with Crippen LogP contribution in [0.25, 0.3) is 0 Å². The minimum Gasteiger partial charge on any atom is -0.311 e. The Morgan fingerprint density at radius 1 is 1.14 bits per heavy atom. The van der Waals surface area contributed by atoms with E-state index in [-0.39, 0.29) is 0 Å². The molecule has 4 bridgehead atoms. The Kier molecular flexibility index (Phi) is 2.59. The summed E-state index contributed by atoms with van der Waals surface area (Å²) < 4.78 is 2.32. The van der Waals surface area contributed by atoms with Crippen LogP contribution in [-0.2, 0) is 13.0 Å². The Bertz CT molecular complexity index is 526. The van der Waals surface area contributed by atoms with Crippen LogP contribution in [0.3, 0.4) is 0 Å². The molecule has 1 N–H and O–H groups in total. The van der Waals surface area contributed by atoms with Crippen molar-refractivity contribution in [2.45, 2.75) is 64.5 Å². The lowest BCUT2D eigenvalue weighted by atomic mass is 9.48. The first-order valence-corrected chi connectivity index (χ1v) is 8.87. The molecule has 1 atom stereocenters. The summed E-state index contributed by atoms with van der Waals surface area (Å²) in [6, 6.07) is 0.542. The summed E-state index contributed by atoms with van der Waals surface area (Å²) in [5.41, 5.74) is 3.14. The number of aromatic nitrogens is 3. The fourth-order valence-corrected chi connectivity index (χ4v) is 6.42. The van der Waals surface area contributed by atoms with Crippen molar-refractivity contribution in [1.82, 2.24) is 20.3 Å². The van der Waals surface area contributed by atoms with Gasteiger partial charge in [0.05, 0.1) is 17.4 Å². The molecular formula is C17H26N4. The Morgan fingerprint density at radius 3 is 2.48 bits per heavy atom. The molecule has 0 saturated heterocycles. The Hall–Kier alpha value is -0.900. The highest BCUT2D eigenvalue weighted by Crippen LogP contribution is 2.63. The molecule has 21 heavy (non-hydrogen) atoms. The lowest BCUT2D eigenvalue weighted by Crippen LogP contribution is -2.49. The van der Waals surface area contributed by atoms with Crippen molar-refractivity contribution < 1.29 is 0 Å². The van der Waals surface area contributed by atoms with Gasteiger partial charge >= 0.3 is 0 Å². The topological polar surface area (TPSA) is 42.7 Å². The fourth-order valence-electron chi connectivity index (χ4n) is 6.42. The molecule has 6 rings (SSSR count). The van der Waals surface area contributed by atoms with Crippen molar-refractivity contribution in [2.24, 2.45) is 23.2 Å². The summed E-state index contributed by atoms with van der Waals surface area (Å²) >= 11 is 0. The molecule has 1 aromatic rings. The van der Waals surface area contributed by atoms with Gasteiger partial charge in [0.15, 0.2) is 0 Å². The maximum Gasteiger partial charge on any atom is 0.0997 e. The van der Waals surface area contributed by atoms with Gasteiger partial charge in [0.2, 0.25) is 0 Å². The second-order valence-corrected chi connectivity index (χ2v) is 8.31. The first-order chi connectivity index (χ1) is 10.2. The minimum absolute atomic E-state index is 0.529. The average Bonchev–Trinajstić information content (AvgIpc) is 2.89. The maximum atomic E-state index is 4.58. The quantitative estimate of drug-likeness (QED) is 0.909. The second-order valence-electron chi connectivity index (χ2n) is 8.31. The first kappa shape index (κ1) is 12.6. The van der Waals surface area contributed by atoms with Gasteiger partial charge in [0.25, 0.3) is 0 Å². The predicted molar refractivity (Wildman–Crippen MR) is 80.7 cm³/mol. The average molecular weight is 286 g/mol. The van der Waals surface area contributed by atoms with Crippen LogP contribution in [0.4, 0.5) is 0 Å². The predicted octanol–water partition coefficient (Wildman–Crippen LogP) is 2.70. The van der Waals surface area contributed by atoms with E-state index in [2.05, 4.69) is 27.2 Å².